The van der Waals surface area contributed by atoms with Gasteiger partial charge in [0.05, 0.1) is 6.61 Å². The molecule has 1 unspecified atom stereocenters. The molecule has 1 heterocycles. The van der Waals surface area contributed by atoms with E-state index in [1.54, 1.807) is 7.11 Å². The van der Waals surface area contributed by atoms with Gasteiger partial charge in [-0.3, -0.25) is 0 Å². The number of benzene rings is 1. The van der Waals surface area contributed by atoms with Gasteiger partial charge >= 0.3 is 0 Å². The smallest absolute Gasteiger partial charge is 0.161 e. The minimum Gasteiger partial charge on any atom is -0.486 e. The van der Waals surface area contributed by atoms with E-state index >= 15 is 0 Å². The lowest BCUT2D eigenvalue weighted by Crippen LogP contribution is -2.30. The number of rotatable bonds is 4. The van der Waals surface area contributed by atoms with Crippen LogP contribution in [0.25, 0.3) is 0 Å². The molecule has 0 amide bonds. The molecule has 1 atom stereocenters. The van der Waals surface area contributed by atoms with Crippen molar-refractivity contribution in [3.63, 3.8) is 0 Å². The molecule has 0 saturated carbocycles. The third-order valence-electron chi connectivity index (χ3n) is 3.05. The van der Waals surface area contributed by atoms with Gasteiger partial charge in [-0.15, -0.1) is 0 Å². The molecule has 0 saturated heterocycles. The number of fused-ring (bicyclic) bond motifs is 1. The molecule has 0 aromatic heterocycles. The molecule has 17 heavy (non-hydrogen) atoms. The second kappa shape index (κ2) is 4.94. The Hall–Kier alpha value is -1.26. The largest absolute Gasteiger partial charge is 0.486 e. The van der Waals surface area contributed by atoms with Gasteiger partial charge in [-0.2, -0.15) is 0 Å². The van der Waals surface area contributed by atoms with Crippen molar-refractivity contribution in [2.45, 2.75) is 18.9 Å². The first kappa shape index (κ1) is 12.2. The Balaban J connectivity index is 2.32. The quantitative estimate of drug-likeness (QED) is 0.867. The first-order valence-corrected chi connectivity index (χ1v) is 5.81. The van der Waals surface area contributed by atoms with Crippen LogP contribution in [0.15, 0.2) is 18.2 Å². The van der Waals surface area contributed by atoms with Gasteiger partial charge in [0.2, 0.25) is 0 Å². The third-order valence-corrected chi connectivity index (χ3v) is 3.05. The molecule has 0 aliphatic carbocycles. The Bertz CT molecular complexity index is 391. The Kier molecular flexibility index (Phi) is 3.54. The van der Waals surface area contributed by atoms with Crippen molar-refractivity contribution in [1.82, 2.24) is 0 Å². The van der Waals surface area contributed by atoms with Crippen LogP contribution < -0.4 is 9.47 Å². The molecule has 1 aromatic carbocycles. The van der Waals surface area contributed by atoms with Crippen molar-refractivity contribution in [2.24, 2.45) is 0 Å². The van der Waals surface area contributed by atoms with E-state index in [9.17, 15) is 5.11 Å². The van der Waals surface area contributed by atoms with Gasteiger partial charge in [0.1, 0.15) is 18.8 Å². The highest BCUT2D eigenvalue weighted by Gasteiger charge is 2.28. The molecule has 1 aliphatic rings. The van der Waals surface area contributed by atoms with Crippen molar-refractivity contribution in [2.75, 3.05) is 26.9 Å². The first-order valence-electron chi connectivity index (χ1n) is 5.81. The Morgan fingerprint density at radius 2 is 2.00 bits per heavy atom. The SMILES string of the molecule is CCC(O)(COC)c1ccc2c(c1)OCCO2. The summed E-state index contributed by atoms with van der Waals surface area (Å²) < 4.78 is 16.0. The van der Waals surface area contributed by atoms with Gasteiger partial charge in [0.15, 0.2) is 11.5 Å². The van der Waals surface area contributed by atoms with Gasteiger partial charge < -0.3 is 19.3 Å². The highest BCUT2D eigenvalue weighted by molar-refractivity contribution is 5.45. The summed E-state index contributed by atoms with van der Waals surface area (Å²) in [6.07, 6.45) is 0.584. The molecule has 4 heteroatoms. The van der Waals surface area contributed by atoms with Crippen LogP contribution in [0, 0.1) is 0 Å². The Labute approximate surface area is 101 Å². The predicted molar refractivity (Wildman–Crippen MR) is 63.5 cm³/mol. The van der Waals surface area contributed by atoms with Crippen molar-refractivity contribution < 1.29 is 19.3 Å². The molecule has 1 aliphatic heterocycles. The number of ether oxygens (including phenoxy) is 3. The lowest BCUT2D eigenvalue weighted by Gasteiger charge is -2.28. The maximum Gasteiger partial charge on any atom is 0.161 e. The van der Waals surface area contributed by atoms with Crippen LogP contribution in [-0.4, -0.2) is 32.0 Å². The average Bonchev–Trinajstić information content (AvgIpc) is 2.38. The van der Waals surface area contributed by atoms with Crippen LogP contribution in [-0.2, 0) is 10.3 Å². The standard InChI is InChI=1S/C13H18O4/c1-3-13(14,9-15-2)10-4-5-11-12(8-10)17-7-6-16-11/h4-5,8,14H,3,6-7,9H2,1-2H3. The molecule has 0 bridgehead atoms. The molecule has 0 spiro atoms. The molecule has 0 fully saturated rings. The highest BCUT2D eigenvalue weighted by atomic mass is 16.6. The fourth-order valence-electron chi connectivity index (χ4n) is 1.96. The fraction of sp³-hybridized carbons (Fsp3) is 0.538. The maximum atomic E-state index is 10.5. The minimum absolute atomic E-state index is 0.267. The van der Waals surface area contributed by atoms with Crippen LogP contribution in [0.5, 0.6) is 11.5 Å². The lowest BCUT2D eigenvalue weighted by atomic mass is 9.91. The summed E-state index contributed by atoms with van der Waals surface area (Å²) in [5, 5.41) is 10.5. The normalized spacial score (nSPS) is 17.6. The van der Waals surface area contributed by atoms with E-state index in [2.05, 4.69) is 0 Å². The van der Waals surface area contributed by atoms with E-state index in [1.165, 1.54) is 0 Å². The second-order valence-corrected chi connectivity index (χ2v) is 4.18. The van der Waals surface area contributed by atoms with Crippen molar-refractivity contribution >= 4 is 0 Å². The van der Waals surface area contributed by atoms with E-state index < -0.39 is 5.60 Å². The maximum absolute atomic E-state index is 10.5. The minimum atomic E-state index is -0.968. The zero-order chi connectivity index (χ0) is 12.3. The monoisotopic (exact) mass is 238 g/mol. The Morgan fingerprint density at radius 3 is 2.65 bits per heavy atom. The first-order chi connectivity index (χ1) is 8.19. The molecule has 1 N–H and O–H groups in total. The lowest BCUT2D eigenvalue weighted by molar-refractivity contribution is -0.0388. The molecule has 94 valence electrons. The van der Waals surface area contributed by atoms with Crippen LogP contribution >= 0.6 is 0 Å². The average molecular weight is 238 g/mol. The number of hydrogen-bond acceptors (Lipinski definition) is 4. The molecule has 1 aromatic rings. The van der Waals surface area contributed by atoms with Crippen molar-refractivity contribution in [3.8, 4) is 11.5 Å². The van der Waals surface area contributed by atoms with Crippen LogP contribution in [0.3, 0.4) is 0 Å². The summed E-state index contributed by atoms with van der Waals surface area (Å²) in [5.74, 6) is 1.42. The summed E-state index contributed by atoms with van der Waals surface area (Å²) in [4.78, 5) is 0. The second-order valence-electron chi connectivity index (χ2n) is 4.18. The molecular weight excluding hydrogens is 220 g/mol. The van der Waals surface area contributed by atoms with E-state index in [0.29, 0.717) is 25.4 Å². The van der Waals surface area contributed by atoms with Crippen LogP contribution in [0.4, 0.5) is 0 Å². The zero-order valence-electron chi connectivity index (χ0n) is 10.2. The molecule has 4 nitrogen and oxygen atoms in total. The van der Waals surface area contributed by atoms with Gasteiger partial charge in [0.25, 0.3) is 0 Å². The van der Waals surface area contributed by atoms with Gasteiger partial charge in [-0.1, -0.05) is 13.0 Å². The molecule has 2 rings (SSSR count). The fourth-order valence-corrected chi connectivity index (χ4v) is 1.96. The number of aliphatic hydroxyl groups is 1. The summed E-state index contributed by atoms with van der Waals surface area (Å²) in [5.41, 5.74) is -0.170. The van der Waals surface area contributed by atoms with Gasteiger partial charge in [-0.05, 0) is 24.1 Å². The van der Waals surface area contributed by atoms with Crippen LogP contribution in [0.1, 0.15) is 18.9 Å². The van der Waals surface area contributed by atoms with Crippen molar-refractivity contribution in [1.29, 1.82) is 0 Å². The predicted octanol–water partition coefficient (Wildman–Crippen LogP) is 1.70. The van der Waals surface area contributed by atoms with Gasteiger partial charge in [0, 0.05) is 7.11 Å². The highest BCUT2D eigenvalue weighted by Crippen LogP contribution is 2.35. The van der Waals surface area contributed by atoms with Crippen molar-refractivity contribution in [3.05, 3.63) is 23.8 Å². The zero-order valence-corrected chi connectivity index (χ0v) is 10.2. The summed E-state index contributed by atoms with van der Waals surface area (Å²) in [7, 11) is 1.58. The van der Waals surface area contributed by atoms with Gasteiger partial charge in [-0.25, -0.2) is 0 Å². The summed E-state index contributed by atoms with van der Waals surface area (Å²) in [6, 6.07) is 5.52. The summed E-state index contributed by atoms with van der Waals surface area (Å²) in [6.45, 7) is 3.31. The number of hydrogen-bond donors (Lipinski definition) is 1. The summed E-state index contributed by atoms with van der Waals surface area (Å²) >= 11 is 0. The topological polar surface area (TPSA) is 47.9 Å². The van der Waals surface area contributed by atoms with E-state index in [0.717, 1.165) is 11.3 Å². The van der Waals surface area contributed by atoms with Crippen LogP contribution in [0.2, 0.25) is 0 Å². The van der Waals surface area contributed by atoms with E-state index in [1.807, 2.05) is 25.1 Å². The Morgan fingerprint density at radius 1 is 1.29 bits per heavy atom. The molecule has 0 radical (unpaired) electrons. The van der Waals surface area contributed by atoms with E-state index in [4.69, 9.17) is 14.2 Å². The molecular formula is C13H18O4. The van der Waals surface area contributed by atoms with E-state index in [-0.39, 0.29) is 6.61 Å². The number of methoxy groups -OCH3 is 1. The third kappa shape index (κ3) is 2.37.